The highest BCUT2D eigenvalue weighted by Crippen LogP contribution is 2.21. The third kappa shape index (κ3) is 3.74. The second kappa shape index (κ2) is 6.61. The number of methoxy groups -OCH3 is 1. The minimum atomic E-state index is -0.815. The lowest BCUT2D eigenvalue weighted by Crippen LogP contribution is -2.42. The Morgan fingerprint density at radius 1 is 1.43 bits per heavy atom. The van der Waals surface area contributed by atoms with E-state index in [0.717, 1.165) is 23.3 Å². The van der Waals surface area contributed by atoms with E-state index in [1.807, 2.05) is 25.1 Å². The van der Waals surface area contributed by atoms with E-state index >= 15 is 0 Å². The standard InChI is InChI=1S/C16H21NO4/c1-11-5-6-12(8-14(11)21-2)9-15(18)17-7-3-4-13(10-17)16(19)20/h5-6,8,13H,3-4,7,9-10H2,1-2H3,(H,19,20)/t13-/m0/s1. The van der Waals surface area contributed by atoms with E-state index in [1.165, 1.54) is 0 Å². The molecule has 1 N–H and O–H groups in total. The molecular formula is C16H21NO4. The van der Waals surface area contributed by atoms with E-state index in [0.29, 0.717) is 19.5 Å². The van der Waals surface area contributed by atoms with Crippen molar-refractivity contribution in [3.05, 3.63) is 29.3 Å². The molecule has 0 unspecified atom stereocenters. The fourth-order valence-electron chi connectivity index (χ4n) is 2.67. The molecule has 0 bridgehead atoms. The summed E-state index contributed by atoms with van der Waals surface area (Å²) in [5.74, 6) is -0.506. The van der Waals surface area contributed by atoms with Gasteiger partial charge in [0.15, 0.2) is 0 Å². The van der Waals surface area contributed by atoms with Crippen molar-refractivity contribution in [2.24, 2.45) is 5.92 Å². The molecular weight excluding hydrogens is 270 g/mol. The SMILES string of the molecule is COc1cc(CC(=O)N2CCC[C@H](C(=O)O)C2)ccc1C. The first-order chi connectivity index (χ1) is 10.0. The van der Waals surface area contributed by atoms with E-state index < -0.39 is 11.9 Å². The Morgan fingerprint density at radius 3 is 2.86 bits per heavy atom. The van der Waals surface area contributed by atoms with Crippen LogP contribution in [0.3, 0.4) is 0 Å². The molecule has 1 aromatic carbocycles. The first-order valence-corrected chi connectivity index (χ1v) is 7.15. The predicted molar refractivity (Wildman–Crippen MR) is 78.4 cm³/mol. The lowest BCUT2D eigenvalue weighted by Gasteiger charge is -2.30. The van der Waals surface area contributed by atoms with Gasteiger partial charge >= 0.3 is 5.97 Å². The van der Waals surface area contributed by atoms with Gasteiger partial charge in [-0.2, -0.15) is 0 Å². The van der Waals surface area contributed by atoms with Crippen LogP contribution in [0.2, 0.25) is 0 Å². The summed E-state index contributed by atoms with van der Waals surface area (Å²) in [6, 6.07) is 5.71. The highest BCUT2D eigenvalue weighted by molar-refractivity contribution is 5.80. The summed E-state index contributed by atoms with van der Waals surface area (Å²) in [6.45, 7) is 2.91. The van der Waals surface area contributed by atoms with Gasteiger partial charge in [-0.3, -0.25) is 9.59 Å². The van der Waals surface area contributed by atoms with Crippen molar-refractivity contribution in [1.29, 1.82) is 0 Å². The van der Waals surface area contributed by atoms with Crippen LogP contribution in [-0.2, 0) is 16.0 Å². The number of aryl methyl sites for hydroxylation is 1. The number of carboxylic acid groups (broad SMARTS) is 1. The summed E-state index contributed by atoms with van der Waals surface area (Å²) in [4.78, 5) is 25.0. The summed E-state index contributed by atoms with van der Waals surface area (Å²) < 4.78 is 5.26. The van der Waals surface area contributed by atoms with Crippen LogP contribution in [0.1, 0.15) is 24.0 Å². The van der Waals surface area contributed by atoms with Crippen LogP contribution in [0.15, 0.2) is 18.2 Å². The van der Waals surface area contributed by atoms with Crippen LogP contribution in [0.5, 0.6) is 5.75 Å². The van der Waals surface area contributed by atoms with Crippen LogP contribution in [0.25, 0.3) is 0 Å². The second-order valence-corrected chi connectivity index (χ2v) is 5.50. The smallest absolute Gasteiger partial charge is 0.308 e. The normalized spacial score (nSPS) is 18.4. The van der Waals surface area contributed by atoms with Gasteiger partial charge in [-0.05, 0) is 37.0 Å². The van der Waals surface area contributed by atoms with Crippen LogP contribution in [-0.4, -0.2) is 42.1 Å². The van der Waals surface area contributed by atoms with Crippen molar-refractivity contribution < 1.29 is 19.4 Å². The molecule has 0 aliphatic carbocycles. The number of benzene rings is 1. The van der Waals surface area contributed by atoms with Gasteiger partial charge in [0.1, 0.15) is 5.75 Å². The number of nitrogens with zero attached hydrogens (tertiary/aromatic N) is 1. The number of ether oxygens (including phenoxy) is 1. The third-order valence-electron chi connectivity index (χ3n) is 3.95. The molecule has 5 heteroatoms. The van der Waals surface area contributed by atoms with Gasteiger partial charge in [-0.15, -0.1) is 0 Å². The average Bonchev–Trinajstić information content (AvgIpc) is 2.49. The molecule has 0 spiro atoms. The number of aliphatic carboxylic acids is 1. The number of likely N-dealkylation sites (tertiary alicyclic amines) is 1. The van der Waals surface area contributed by atoms with Crippen LogP contribution < -0.4 is 4.74 Å². The molecule has 1 aliphatic rings. The molecule has 1 heterocycles. The Bertz CT molecular complexity index is 541. The average molecular weight is 291 g/mol. The van der Waals surface area contributed by atoms with Crippen molar-refractivity contribution in [3.63, 3.8) is 0 Å². The maximum Gasteiger partial charge on any atom is 0.308 e. The summed E-state index contributed by atoms with van der Waals surface area (Å²) in [7, 11) is 1.61. The van der Waals surface area contributed by atoms with E-state index in [9.17, 15) is 9.59 Å². The van der Waals surface area contributed by atoms with Gasteiger partial charge in [-0.25, -0.2) is 0 Å². The van der Waals surface area contributed by atoms with E-state index in [2.05, 4.69) is 0 Å². The zero-order valence-electron chi connectivity index (χ0n) is 12.5. The van der Waals surface area contributed by atoms with Gasteiger partial charge in [0.25, 0.3) is 0 Å². The summed E-state index contributed by atoms with van der Waals surface area (Å²) in [5.41, 5.74) is 1.91. The first kappa shape index (κ1) is 15.4. The molecule has 1 aromatic rings. The molecule has 1 saturated heterocycles. The zero-order valence-corrected chi connectivity index (χ0v) is 12.5. The molecule has 114 valence electrons. The third-order valence-corrected chi connectivity index (χ3v) is 3.95. The van der Waals surface area contributed by atoms with E-state index in [1.54, 1.807) is 12.0 Å². The van der Waals surface area contributed by atoms with Crippen LogP contribution in [0.4, 0.5) is 0 Å². The number of hydrogen-bond acceptors (Lipinski definition) is 3. The fourth-order valence-corrected chi connectivity index (χ4v) is 2.67. The number of rotatable bonds is 4. The number of carbonyl (C=O) groups excluding carboxylic acids is 1. The van der Waals surface area contributed by atoms with Gasteiger partial charge in [-0.1, -0.05) is 12.1 Å². The second-order valence-electron chi connectivity index (χ2n) is 5.50. The minimum Gasteiger partial charge on any atom is -0.496 e. The maximum atomic E-state index is 12.3. The monoisotopic (exact) mass is 291 g/mol. The van der Waals surface area contributed by atoms with E-state index in [-0.39, 0.29) is 12.3 Å². The van der Waals surface area contributed by atoms with Crippen molar-refractivity contribution in [2.75, 3.05) is 20.2 Å². The molecule has 0 aromatic heterocycles. The lowest BCUT2D eigenvalue weighted by atomic mass is 9.97. The van der Waals surface area contributed by atoms with Crippen molar-refractivity contribution in [1.82, 2.24) is 4.90 Å². The highest BCUT2D eigenvalue weighted by Gasteiger charge is 2.28. The molecule has 0 saturated carbocycles. The Kier molecular flexibility index (Phi) is 4.83. The number of carbonyl (C=O) groups is 2. The van der Waals surface area contributed by atoms with Crippen LogP contribution >= 0.6 is 0 Å². The zero-order chi connectivity index (χ0) is 15.4. The molecule has 21 heavy (non-hydrogen) atoms. The quantitative estimate of drug-likeness (QED) is 0.919. The van der Waals surface area contributed by atoms with E-state index in [4.69, 9.17) is 9.84 Å². The van der Waals surface area contributed by atoms with Crippen molar-refractivity contribution in [2.45, 2.75) is 26.2 Å². The van der Waals surface area contributed by atoms with Crippen molar-refractivity contribution >= 4 is 11.9 Å². The molecule has 5 nitrogen and oxygen atoms in total. The summed E-state index contributed by atoms with van der Waals surface area (Å²) in [5, 5.41) is 9.07. The molecule has 1 fully saturated rings. The number of amides is 1. The molecule has 1 atom stereocenters. The Morgan fingerprint density at radius 2 is 2.19 bits per heavy atom. The maximum absolute atomic E-state index is 12.3. The predicted octanol–water partition coefficient (Wildman–Crippen LogP) is 1.87. The minimum absolute atomic E-state index is 0.0214. The molecule has 0 radical (unpaired) electrons. The molecule has 1 amide bonds. The summed E-state index contributed by atoms with van der Waals surface area (Å²) >= 11 is 0. The van der Waals surface area contributed by atoms with Crippen LogP contribution in [0, 0.1) is 12.8 Å². The number of hydrogen-bond donors (Lipinski definition) is 1. The van der Waals surface area contributed by atoms with Gasteiger partial charge in [0.05, 0.1) is 19.4 Å². The number of carboxylic acids is 1. The molecule has 2 rings (SSSR count). The Labute approximate surface area is 124 Å². The highest BCUT2D eigenvalue weighted by atomic mass is 16.5. The summed E-state index contributed by atoms with van der Waals surface area (Å²) in [6.07, 6.45) is 1.68. The molecule has 1 aliphatic heterocycles. The van der Waals surface area contributed by atoms with Gasteiger partial charge in [0, 0.05) is 13.1 Å². The first-order valence-electron chi connectivity index (χ1n) is 7.15. The number of piperidine rings is 1. The largest absolute Gasteiger partial charge is 0.496 e. The topological polar surface area (TPSA) is 66.8 Å². The van der Waals surface area contributed by atoms with Gasteiger partial charge < -0.3 is 14.7 Å². The fraction of sp³-hybridized carbons (Fsp3) is 0.500. The Hall–Kier alpha value is -2.04. The van der Waals surface area contributed by atoms with Gasteiger partial charge in [0.2, 0.25) is 5.91 Å². The van der Waals surface area contributed by atoms with Crippen molar-refractivity contribution in [3.8, 4) is 5.75 Å². The Balaban J connectivity index is 2.02. The lowest BCUT2D eigenvalue weighted by molar-refractivity contribution is -0.145.